The van der Waals surface area contributed by atoms with Crippen LogP contribution in [0.2, 0.25) is 0 Å². The second-order valence-electron chi connectivity index (χ2n) is 5.64. The Morgan fingerprint density at radius 3 is 2.67 bits per heavy atom. The Balaban J connectivity index is 1.55. The van der Waals surface area contributed by atoms with Gasteiger partial charge >= 0.3 is 0 Å². The molecule has 3 rings (SSSR count). The molecule has 0 spiro atoms. The molecule has 1 aliphatic heterocycles. The van der Waals surface area contributed by atoms with Crippen molar-refractivity contribution in [3.63, 3.8) is 0 Å². The minimum Gasteiger partial charge on any atom is -0.441 e. The molecule has 1 aromatic carbocycles. The zero-order valence-corrected chi connectivity index (χ0v) is 14.5. The Labute approximate surface area is 144 Å². The quantitative estimate of drug-likeness (QED) is 0.898. The average Bonchev–Trinajstić information content (AvgIpc) is 3.12. The normalized spacial score (nSPS) is 14.2. The first-order chi connectivity index (χ1) is 11.5. The summed E-state index contributed by atoms with van der Waals surface area (Å²) in [6, 6.07) is 7.36. The maximum Gasteiger partial charge on any atom is 0.281 e. The van der Waals surface area contributed by atoms with E-state index in [2.05, 4.69) is 10.3 Å². The molecule has 2 aromatic rings. The zero-order chi connectivity index (χ0) is 17.1. The summed E-state index contributed by atoms with van der Waals surface area (Å²) < 4.78 is 5.59. The van der Waals surface area contributed by atoms with Crippen molar-refractivity contribution in [3.8, 4) is 11.5 Å². The van der Waals surface area contributed by atoms with Gasteiger partial charge in [0, 0.05) is 36.5 Å². The van der Waals surface area contributed by atoms with Crippen molar-refractivity contribution in [2.24, 2.45) is 0 Å². The highest BCUT2D eigenvalue weighted by Gasteiger charge is 2.21. The van der Waals surface area contributed by atoms with Crippen LogP contribution in [0.15, 0.2) is 28.7 Å². The van der Waals surface area contributed by atoms with Crippen molar-refractivity contribution in [2.75, 3.05) is 24.2 Å². The minimum absolute atomic E-state index is 0.0590. The molecule has 1 fully saturated rings. The number of carbonyl (C=O) groups excluding carboxylic acids is 2. The van der Waals surface area contributed by atoms with Crippen LogP contribution in [0.3, 0.4) is 0 Å². The van der Waals surface area contributed by atoms with E-state index in [-0.39, 0.29) is 11.1 Å². The molecule has 1 aromatic heterocycles. The van der Waals surface area contributed by atoms with Crippen molar-refractivity contribution in [1.29, 1.82) is 0 Å². The van der Waals surface area contributed by atoms with Gasteiger partial charge in [0.15, 0.2) is 0 Å². The molecule has 0 saturated carbocycles. The smallest absolute Gasteiger partial charge is 0.281 e. The van der Waals surface area contributed by atoms with Gasteiger partial charge in [0.1, 0.15) is 5.76 Å². The van der Waals surface area contributed by atoms with Gasteiger partial charge in [0.05, 0.1) is 5.69 Å². The number of nitrogens with zero attached hydrogens (tertiary/aromatic N) is 2. The van der Waals surface area contributed by atoms with Gasteiger partial charge in [-0.05, 0) is 38.1 Å². The highest BCUT2D eigenvalue weighted by atomic mass is 32.2. The topological polar surface area (TPSA) is 75.4 Å². The summed E-state index contributed by atoms with van der Waals surface area (Å²) in [5, 5.41) is 2.90. The first kappa shape index (κ1) is 16.6. The van der Waals surface area contributed by atoms with Gasteiger partial charge in [-0.3, -0.25) is 9.59 Å². The molecular weight excluding hydrogens is 326 g/mol. The Morgan fingerprint density at radius 2 is 2.08 bits per heavy atom. The number of hydrogen-bond donors (Lipinski definition) is 1. The highest BCUT2D eigenvalue weighted by molar-refractivity contribution is 8.13. The van der Waals surface area contributed by atoms with Crippen molar-refractivity contribution in [2.45, 2.75) is 20.3 Å². The van der Waals surface area contributed by atoms with E-state index < -0.39 is 0 Å². The van der Waals surface area contributed by atoms with E-state index in [4.69, 9.17) is 4.42 Å². The number of aryl methyl sites for hydroxylation is 2. The zero-order valence-electron chi connectivity index (χ0n) is 13.7. The largest absolute Gasteiger partial charge is 0.441 e. The lowest BCUT2D eigenvalue weighted by molar-refractivity contribution is -0.116. The van der Waals surface area contributed by atoms with Crippen molar-refractivity contribution in [1.82, 2.24) is 9.88 Å². The van der Waals surface area contributed by atoms with E-state index in [9.17, 15) is 9.59 Å². The van der Waals surface area contributed by atoms with Gasteiger partial charge < -0.3 is 14.6 Å². The molecule has 7 heteroatoms. The van der Waals surface area contributed by atoms with Crippen LogP contribution in [-0.4, -0.2) is 39.9 Å². The van der Waals surface area contributed by atoms with Crippen LogP contribution in [-0.2, 0) is 4.79 Å². The minimum atomic E-state index is -0.102. The van der Waals surface area contributed by atoms with Crippen LogP contribution in [0.4, 0.5) is 10.5 Å². The van der Waals surface area contributed by atoms with Crippen LogP contribution < -0.4 is 5.32 Å². The fourth-order valence-corrected chi connectivity index (χ4v) is 3.23. The number of oxazole rings is 1. The van der Waals surface area contributed by atoms with Gasteiger partial charge in [0.25, 0.3) is 5.24 Å². The standard InChI is InChI=1S/C17H19N3O3S/c1-11-12(2)23-16(18-11)13-3-5-14(6-4-13)19-15(21)7-8-20-9-10-24-17(20)22/h3-6H,7-10H2,1-2H3,(H,19,21). The maximum absolute atomic E-state index is 12.0. The molecule has 0 unspecified atom stereocenters. The first-order valence-corrected chi connectivity index (χ1v) is 8.77. The van der Waals surface area contributed by atoms with Gasteiger partial charge in [-0.1, -0.05) is 11.8 Å². The monoisotopic (exact) mass is 345 g/mol. The number of aromatic nitrogens is 1. The molecule has 1 N–H and O–H groups in total. The van der Waals surface area contributed by atoms with Crippen LogP contribution in [0.5, 0.6) is 0 Å². The molecule has 6 nitrogen and oxygen atoms in total. The fourth-order valence-electron chi connectivity index (χ4n) is 2.38. The number of amides is 2. The van der Waals surface area contributed by atoms with E-state index in [1.807, 2.05) is 38.1 Å². The first-order valence-electron chi connectivity index (χ1n) is 7.79. The number of benzene rings is 1. The Bertz CT molecular complexity index is 735. The lowest BCUT2D eigenvalue weighted by Crippen LogP contribution is -2.27. The summed E-state index contributed by atoms with van der Waals surface area (Å²) in [4.78, 5) is 29.5. The van der Waals surface area contributed by atoms with Crippen molar-refractivity contribution >= 4 is 28.6 Å². The number of carbonyl (C=O) groups is 2. The number of thioether (sulfide) groups is 1. The summed E-state index contributed by atoms with van der Waals surface area (Å²) in [5.41, 5.74) is 2.45. The fraction of sp³-hybridized carbons (Fsp3) is 0.353. The molecule has 0 aliphatic carbocycles. The second kappa shape index (κ2) is 7.09. The number of anilines is 1. The molecule has 1 saturated heterocycles. The molecule has 0 atom stereocenters. The second-order valence-corrected chi connectivity index (χ2v) is 6.68. The molecule has 2 heterocycles. The maximum atomic E-state index is 12.0. The van der Waals surface area contributed by atoms with Crippen molar-refractivity contribution < 1.29 is 14.0 Å². The predicted octanol–water partition coefficient (Wildman–Crippen LogP) is 3.46. The van der Waals surface area contributed by atoms with Gasteiger partial charge in [-0.25, -0.2) is 4.98 Å². The van der Waals surface area contributed by atoms with Crippen LogP contribution in [0, 0.1) is 13.8 Å². The summed E-state index contributed by atoms with van der Waals surface area (Å²) in [6.45, 7) is 4.97. The molecule has 1 aliphatic rings. The SMILES string of the molecule is Cc1nc(-c2ccc(NC(=O)CCN3CCSC3=O)cc2)oc1C. The predicted molar refractivity (Wildman–Crippen MR) is 94.1 cm³/mol. The van der Waals surface area contributed by atoms with E-state index in [1.165, 1.54) is 11.8 Å². The number of hydrogen-bond acceptors (Lipinski definition) is 5. The molecular formula is C17H19N3O3S. The van der Waals surface area contributed by atoms with E-state index in [0.717, 1.165) is 29.3 Å². The molecule has 24 heavy (non-hydrogen) atoms. The third kappa shape index (κ3) is 3.79. The Morgan fingerprint density at radius 1 is 1.33 bits per heavy atom. The van der Waals surface area contributed by atoms with E-state index in [0.29, 0.717) is 24.5 Å². The van der Waals surface area contributed by atoms with Crippen LogP contribution >= 0.6 is 11.8 Å². The Kier molecular flexibility index (Phi) is 4.89. The molecule has 2 amide bonds. The summed E-state index contributed by atoms with van der Waals surface area (Å²) in [5.74, 6) is 2.09. The van der Waals surface area contributed by atoms with Gasteiger partial charge in [-0.2, -0.15) is 0 Å². The summed E-state index contributed by atoms with van der Waals surface area (Å²) in [7, 11) is 0. The van der Waals surface area contributed by atoms with Crippen LogP contribution in [0.25, 0.3) is 11.5 Å². The van der Waals surface area contributed by atoms with Gasteiger partial charge in [-0.15, -0.1) is 0 Å². The summed E-state index contributed by atoms with van der Waals surface area (Å²) >= 11 is 1.30. The lowest BCUT2D eigenvalue weighted by Gasteiger charge is -2.13. The number of nitrogens with one attached hydrogen (secondary N) is 1. The van der Waals surface area contributed by atoms with E-state index in [1.54, 1.807) is 4.90 Å². The lowest BCUT2D eigenvalue weighted by atomic mass is 10.2. The molecule has 0 bridgehead atoms. The van der Waals surface area contributed by atoms with Gasteiger partial charge in [0.2, 0.25) is 11.8 Å². The number of rotatable bonds is 5. The highest BCUT2D eigenvalue weighted by Crippen LogP contribution is 2.23. The summed E-state index contributed by atoms with van der Waals surface area (Å²) in [6.07, 6.45) is 0.298. The Hall–Kier alpha value is -2.28. The molecule has 0 radical (unpaired) electrons. The third-order valence-electron chi connectivity index (χ3n) is 3.90. The average molecular weight is 345 g/mol. The van der Waals surface area contributed by atoms with E-state index >= 15 is 0 Å². The molecule has 126 valence electrons. The van der Waals surface area contributed by atoms with Crippen LogP contribution in [0.1, 0.15) is 17.9 Å². The third-order valence-corrected chi connectivity index (χ3v) is 4.79. The van der Waals surface area contributed by atoms with Crippen molar-refractivity contribution in [3.05, 3.63) is 35.7 Å².